The number of piperidine rings is 1. The molecule has 2 heterocycles. The smallest absolute Gasteiger partial charge is 0.486 e. The third-order valence-electron chi connectivity index (χ3n) is 2.48. The van der Waals surface area contributed by atoms with Crippen LogP contribution in [0.1, 0.15) is 12.8 Å². The van der Waals surface area contributed by atoms with Crippen LogP contribution in [0.2, 0.25) is 0 Å². The molecule has 0 spiro atoms. The number of nitrogens with zero attached hydrogens (tertiary/aromatic N) is 2. The average Bonchev–Trinajstić information content (AvgIpc) is 2.75. The highest BCUT2D eigenvalue weighted by Crippen LogP contribution is 2.14. The number of aliphatic carboxylic acids is 1. The first kappa shape index (κ1) is 16.3. The van der Waals surface area contributed by atoms with Crippen molar-refractivity contribution in [1.82, 2.24) is 15.1 Å². The maximum atomic E-state index is 10.6. The molecule has 0 unspecified atom stereocenters. The van der Waals surface area contributed by atoms with Gasteiger partial charge in [0.2, 0.25) is 0 Å². The van der Waals surface area contributed by atoms with Gasteiger partial charge in [-0.1, -0.05) is 0 Å². The molecule has 2 rings (SSSR count). The second-order valence-corrected chi connectivity index (χ2v) is 4.24. The molecule has 2 N–H and O–H groups in total. The first-order chi connectivity index (χ1) is 9.29. The summed E-state index contributed by atoms with van der Waals surface area (Å²) in [6, 6.07) is 0. The highest BCUT2D eigenvalue weighted by Gasteiger charge is 2.38. The summed E-state index contributed by atoms with van der Waals surface area (Å²) >= 11 is 0. The molecule has 0 amide bonds. The van der Waals surface area contributed by atoms with Gasteiger partial charge in [0, 0.05) is 13.6 Å². The Kier molecular flexibility index (Phi) is 5.81. The van der Waals surface area contributed by atoms with Gasteiger partial charge in [-0.15, -0.1) is 0 Å². The minimum absolute atomic E-state index is 0.318. The number of carboxylic acids is 1. The number of aryl methyl sites for hydroxylation is 1. The standard InChI is InChI=1S/C9H15N3O.C2HF3O2/c1-12-7-9(6-11-12)13-8-3-2-4-10-5-8;3-2(4,5)1(6)7/h6-8,10H,2-5H2,1H3;(H,6,7)/t8-;/m1./s1. The first-order valence-corrected chi connectivity index (χ1v) is 5.95. The van der Waals surface area contributed by atoms with Crippen molar-refractivity contribution in [1.29, 1.82) is 0 Å². The predicted octanol–water partition coefficient (Wildman–Crippen LogP) is 1.18. The Hall–Kier alpha value is -1.77. The number of nitrogens with one attached hydrogen (secondary N) is 1. The monoisotopic (exact) mass is 295 g/mol. The Labute approximate surface area is 113 Å². The van der Waals surface area contributed by atoms with E-state index in [-0.39, 0.29) is 0 Å². The largest absolute Gasteiger partial charge is 0.490 e. The summed E-state index contributed by atoms with van der Waals surface area (Å²) in [6.45, 7) is 2.07. The third kappa shape index (κ3) is 5.91. The number of aromatic nitrogens is 2. The van der Waals surface area contributed by atoms with E-state index in [1.807, 2.05) is 13.2 Å². The molecule has 9 heteroatoms. The number of hydrogen-bond donors (Lipinski definition) is 2. The number of alkyl halides is 3. The van der Waals surface area contributed by atoms with Crippen LogP contribution in [0.3, 0.4) is 0 Å². The molecule has 114 valence electrons. The van der Waals surface area contributed by atoms with Gasteiger partial charge in [0.15, 0.2) is 5.75 Å². The topological polar surface area (TPSA) is 76.4 Å². The quantitative estimate of drug-likeness (QED) is 0.857. The van der Waals surface area contributed by atoms with Crippen LogP contribution in [0.5, 0.6) is 5.75 Å². The summed E-state index contributed by atoms with van der Waals surface area (Å²) < 4.78 is 39.2. The second-order valence-electron chi connectivity index (χ2n) is 4.24. The van der Waals surface area contributed by atoms with E-state index in [4.69, 9.17) is 14.6 Å². The van der Waals surface area contributed by atoms with Crippen LogP contribution in [0.15, 0.2) is 12.4 Å². The van der Waals surface area contributed by atoms with E-state index >= 15 is 0 Å². The predicted molar refractivity (Wildman–Crippen MR) is 63.4 cm³/mol. The molecule has 0 radical (unpaired) electrons. The second kappa shape index (κ2) is 7.13. The fourth-order valence-corrected chi connectivity index (χ4v) is 1.57. The fraction of sp³-hybridized carbons (Fsp3) is 0.636. The molecule has 1 aromatic rings. The highest BCUT2D eigenvalue weighted by molar-refractivity contribution is 5.73. The summed E-state index contributed by atoms with van der Waals surface area (Å²) in [7, 11) is 1.89. The molecule has 1 saturated heterocycles. The minimum atomic E-state index is -5.08. The van der Waals surface area contributed by atoms with Crippen LogP contribution in [0, 0.1) is 0 Å². The summed E-state index contributed by atoms with van der Waals surface area (Å²) in [5, 5.41) is 14.5. The normalized spacial score (nSPS) is 18.9. The lowest BCUT2D eigenvalue weighted by Gasteiger charge is -2.22. The third-order valence-corrected chi connectivity index (χ3v) is 2.48. The Morgan fingerprint density at radius 3 is 2.65 bits per heavy atom. The molecule has 0 aliphatic carbocycles. The zero-order valence-electron chi connectivity index (χ0n) is 10.9. The maximum Gasteiger partial charge on any atom is 0.490 e. The van der Waals surface area contributed by atoms with E-state index in [1.54, 1.807) is 10.9 Å². The van der Waals surface area contributed by atoms with E-state index in [0.29, 0.717) is 6.10 Å². The van der Waals surface area contributed by atoms with Crippen molar-refractivity contribution in [3.8, 4) is 5.75 Å². The lowest BCUT2D eigenvalue weighted by molar-refractivity contribution is -0.192. The zero-order valence-corrected chi connectivity index (χ0v) is 10.9. The lowest BCUT2D eigenvalue weighted by atomic mass is 10.1. The molecule has 0 saturated carbocycles. The van der Waals surface area contributed by atoms with Gasteiger partial charge in [-0.3, -0.25) is 4.68 Å². The number of halogens is 3. The molecule has 1 aromatic heterocycles. The van der Waals surface area contributed by atoms with E-state index in [0.717, 1.165) is 25.3 Å². The van der Waals surface area contributed by atoms with Gasteiger partial charge < -0.3 is 15.2 Å². The summed E-state index contributed by atoms with van der Waals surface area (Å²) in [6.07, 6.45) is 1.23. The van der Waals surface area contributed by atoms with Crippen LogP contribution < -0.4 is 10.1 Å². The van der Waals surface area contributed by atoms with Crippen LogP contribution in [0.25, 0.3) is 0 Å². The van der Waals surface area contributed by atoms with Crippen LogP contribution in [0.4, 0.5) is 13.2 Å². The van der Waals surface area contributed by atoms with Crippen molar-refractivity contribution in [3.63, 3.8) is 0 Å². The average molecular weight is 295 g/mol. The van der Waals surface area contributed by atoms with Gasteiger partial charge >= 0.3 is 12.1 Å². The minimum Gasteiger partial charge on any atom is -0.486 e. The van der Waals surface area contributed by atoms with E-state index in [1.165, 1.54) is 6.42 Å². The SMILES string of the molecule is Cn1cc(O[C@@H]2CCCNC2)cn1.O=C(O)C(F)(F)F. The number of carboxylic acid groups (broad SMARTS) is 1. The maximum absolute atomic E-state index is 10.6. The number of carbonyl (C=O) groups is 1. The molecule has 1 atom stereocenters. The number of ether oxygens (including phenoxy) is 1. The summed E-state index contributed by atoms with van der Waals surface area (Å²) in [4.78, 5) is 8.90. The molecule has 1 aliphatic heterocycles. The van der Waals surface area contributed by atoms with Crippen molar-refractivity contribution in [2.45, 2.75) is 25.1 Å². The van der Waals surface area contributed by atoms with Gasteiger partial charge in [-0.2, -0.15) is 18.3 Å². The van der Waals surface area contributed by atoms with Crippen molar-refractivity contribution >= 4 is 5.97 Å². The Morgan fingerprint density at radius 1 is 1.60 bits per heavy atom. The highest BCUT2D eigenvalue weighted by atomic mass is 19.4. The van der Waals surface area contributed by atoms with Crippen molar-refractivity contribution < 1.29 is 27.8 Å². The van der Waals surface area contributed by atoms with Crippen LogP contribution in [-0.2, 0) is 11.8 Å². The molecule has 1 fully saturated rings. The van der Waals surface area contributed by atoms with Gasteiger partial charge in [0.25, 0.3) is 0 Å². The molecule has 1 aliphatic rings. The van der Waals surface area contributed by atoms with Gasteiger partial charge in [-0.25, -0.2) is 4.79 Å². The van der Waals surface area contributed by atoms with Gasteiger partial charge in [-0.05, 0) is 19.4 Å². The number of rotatable bonds is 2. The van der Waals surface area contributed by atoms with Crippen molar-refractivity contribution in [3.05, 3.63) is 12.4 Å². The van der Waals surface area contributed by atoms with Crippen molar-refractivity contribution in [2.75, 3.05) is 13.1 Å². The van der Waals surface area contributed by atoms with Crippen LogP contribution >= 0.6 is 0 Å². The van der Waals surface area contributed by atoms with Gasteiger partial charge in [0.1, 0.15) is 6.10 Å². The van der Waals surface area contributed by atoms with Crippen LogP contribution in [-0.4, -0.2) is 46.2 Å². The van der Waals surface area contributed by atoms with E-state index in [9.17, 15) is 13.2 Å². The van der Waals surface area contributed by atoms with Gasteiger partial charge in [0.05, 0.1) is 12.4 Å². The Bertz CT molecular complexity index is 428. The summed E-state index contributed by atoms with van der Waals surface area (Å²) in [5.41, 5.74) is 0. The van der Waals surface area contributed by atoms with E-state index in [2.05, 4.69) is 10.4 Å². The lowest BCUT2D eigenvalue weighted by Crippen LogP contribution is -2.37. The molecule has 6 nitrogen and oxygen atoms in total. The zero-order chi connectivity index (χ0) is 15.2. The number of hydrogen-bond acceptors (Lipinski definition) is 4. The molecule has 0 bridgehead atoms. The summed E-state index contributed by atoms with van der Waals surface area (Å²) in [5.74, 6) is -1.89. The molecular weight excluding hydrogens is 279 g/mol. The van der Waals surface area contributed by atoms with E-state index < -0.39 is 12.1 Å². The Morgan fingerprint density at radius 2 is 2.25 bits per heavy atom. The first-order valence-electron chi connectivity index (χ1n) is 5.95. The molecule has 0 aromatic carbocycles. The molecule has 20 heavy (non-hydrogen) atoms. The van der Waals surface area contributed by atoms with Crippen molar-refractivity contribution in [2.24, 2.45) is 7.05 Å². The Balaban J connectivity index is 0.000000246. The molecular formula is C11H16F3N3O3. The fourth-order valence-electron chi connectivity index (χ4n) is 1.57.